The van der Waals surface area contributed by atoms with Crippen molar-refractivity contribution in [2.45, 2.75) is 19.4 Å². The molecular formula is C13H18N2O2. The van der Waals surface area contributed by atoms with Crippen LogP contribution < -0.4 is 10.6 Å². The number of rotatable bonds is 3. The number of phenols is 1. The first-order valence-corrected chi connectivity index (χ1v) is 6.02. The van der Waals surface area contributed by atoms with Crippen LogP contribution >= 0.6 is 0 Å². The number of nitrogens with one attached hydrogen (secondary N) is 2. The molecule has 4 heteroatoms. The van der Waals surface area contributed by atoms with Crippen LogP contribution in [0.4, 0.5) is 0 Å². The molecule has 1 fully saturated rings. The zero-order valence-electron chi connectivity index (χ0n) is 9.78. The van der Waals surface area contributed by atoms with Gasteiger partial charge in [0.25, 0.3) is 0 Å². The quantitative estimate of drug-likeness (QED) is 0.731. The van der Waals surface area contributed by atoms with Gasteiger partial charge in [0.1, 0.15) is 5.75 Å². The lowest BCUT2D eigenvalue weighted by Crippen LogP contribution is -2.37. The van der Waals surface area contributed by atoms with Gasteiger partial charge in [0, 0.05) is 12.5 Å². The summed E-state index contributed by atoms with van der Waals surface area (Å²) in [4.78, 5) is 11.9. The Kier molecular flexibility index (Phi) is 3.98. The summed E-state index contributed by atoms with van der Waals surface area (Å²) in [6.45, 7) is 2.39. The third-order valence-corrected chi connectivity index (χ3v) is 3.11. The molecule has 0 bridgehead atoms. The van der Waals surface area contributed by atoms with Gasteiger partial charge >= 0.3 is 0 Å². The molecule has 17 heavy (non-hydrogen) atoms. The zero-order valence-corrected chi connectivity index (χ0v) is 9.78. The van der Waals surface area contributed by atoms with Crippen LogP contribution in [0.25, 0.3) is 0 Å². The summed E-state index contributed by atoms with van der Waals surface area (Å²) in [5.41, 5.74) is 1.00. The smallest absolute Gasteiger partial charge is 0.223 e. The van der Waals surface area contributed by atoms with Gasteiger partial charge in [0.2, 0.25) is 5.91 Å². The van der Waals surface area contributed by atoms with Gasteiger partial charge in [-0.25, -0.2) is 0 Å². The minimum atomic E-state index is 0.138. The second-order valence-corrected chi connectivity index (χ2v) is 4.41. The standard InChI is InChI=1S/C13H18N2O2/c16-12-3-1-10(2-4-12)9-15-13(17)11-5-7-14-8-6-11/h1-4,11,14,16H,5-9H2,(H,15,17). The third kappa shape index (κ3) is 3.46. The number of carbonyl (C=O) groups excluding carboxylic acids is 1. The topological polar surface area (TPSA) is 61.4 Å². The van der Waals surface area contributed by atoms with E-state index in [-0.39, 0.29) is 17.6 Å². The average molecular weight is 234 g/mol. The lowest BCUT2D eigenvalue weighted by atomic mass is 9.97. The normalized spacial score (nSPS) is 16.7. The van der Waals surface area contributed by atoms with Crippen molar-refractivity contribution in [1.82, 2.24) is 10.6 Å². The molecule has 0 aromatic heterocycles. The van der Waals surface area contributed by atoms with Crippen molar-refractivity contribution >= 4 is 5.91 Å². The molecule has 1 aliphatic rings. The van der Waals surface area contributed by atoms with Crippen LogP contribution in [0.1, 0.15) is 18.4 Å². The van der Waals surface area contributed by atoms with E-state index >= 15 is 0 Å². The Labute approximate surface area is 101 Å². The molecule has 4 nitrogen and oxygen atoms in total. The number of carbonyl (C=O) groups is 1. The van der Waals surface area contributed by atoms with E-state index in [4.69, 9.17) is 5.11 Å². The van der Waals surface area contributed by atoms with Crippen LogP contribution in [0, 0.1) is 5.92 Å². The van der Waals surface area contributed by atoms with Crippen LogP contribution in [0.15, 0.2) is 24.3 Å². The molecule has 1 aromatic rings. The van der Waals surface area contributed by atoms with Gasteiger partial charge in [-0.05, 0) is 43.6 Å². The van der Waals surface area contributed by atoms with E-state index in [1.807, 2.05) is 12.1 Å². The fourth-order valence-electron chi connectivity index (χ4n) is 2.03. The van der Waals surface area contributed by atoms with Gasteiger partial charge in [-0.1, -0.05) is 12.1 Å². The van der Waals surface area contributed by atoms with Crippen molar-refractivity contribution in [3.63, 3.8) is 0 Å². The summed E-state index contributed by atoms with van der Waals surface area (Å²) in [6.07, 6.45) is 1.84. The fourth-order valence-corrected chi connectivity index (χ4v) is 2.03. The maximum Gasteiger partial charge on any atom is 0.223 e. The lowest BCUT2D eigenvalue weighted by molar-refractivity contribution is -0.125. The molecule has 1 aliphatic heterocycles. The number of phenolic OH excluding ortho intramolecular Hbond substituents is 1. The molecule has 1 saturated heterocycles. The minimum absolute atomic E-state index is 0.138. The van der Waals surface area contributed by atoms with Crippen LogP contribution in [-0.4, -0.2) is 24.1 Å². The molecule has 3 N–H and O–H groups in total. The summed E-state index contributed by atoms with van der Waals surface area (Å²) in [5, 5.41) is 15.3. The molecular weight excluding hydrogens is 216 g/mol. The van der Waals surface area contributed by atoms with Crippen molar-refractivity contribution in [2.24, 2.45) is 5.92 Å². The van der Waals surface area contributed by atoms with Gasteiger partial charge in [-0.15, -0.1) is 0 Å². The summed E-state index contributed by atoms with van der Waals surface area (Å²) < 4.78 is 0. The molecule has 2 rings (SSSR count). The van der Waals surface area contributed by atoms with E-state index in [2.05, 4.69) is 10.6 Å². The third-order valence-electron chi connectivity index (χ3n) is 3.11. The molecule has 0 saturated carbocycles. The van der Waals surface area contributed by atoms with Crippen LogP contribution in [0.3, 0.4) is 0 Å². The van der Waals surface area contributed by atoms with Gasteiger partial charge < -0.3 is 15.7 Å². The first-order valence-electron chi connectivity index (χ1n) is 6.02. The molecule has 0 unspecified atom stereocenters. The van der Waals surface area contributed by atoms with Crippen molar-refractivity contribution in [3.05, 3.63) is 29.8 Å². The minimum Gasteiger partial charge on any atom is -0.508 e. The summed E-state index contributed by atoms with van der Waals surface area (Å²) >= 11 is 0. The fraction of sp³-hybridized carbons (Fsp3) is 0.462. The molecule has 1 aromatic carbocycles. The first-order chi connectivity index (χ1) is 8.25. The van der Waals surface area contributed by atoms with E-state index in [0.717, 1.165) is 31.5 Å². The Balaban J connectivity index is 1.81. The molecule has 92 valence electrons. The van der Waals surface area contributed by atoms with E-state index in [1.54, 1.807) is 12.1 Å². The van der Waals surface area contributed by atoms with Crippen molar-refractivity contribution < 1.29 is 9.90 Å². The zero-order chi connectivity index (χ0) is 12.1. The van der Waals surface area contributed by atoms with Gasteiger partial charge in [-0.2, -0.15) is 0 Å². The second-order valence-electron chi connectivity index (χ2n) is 4.41. The predicted molar refractivity (Wildman–Crippen MR) is 65.5 cm³/mol. The van der Waals surface area contributed by atoms with Crippen LogP contribution in [-0.2, 0) is 11.3 Å². The van der Waals surface area contributed by atoms with Crippen LogP contribution in [0.2, 0.25) is 0 Å². The largest absolute Gasteiger partial charge is 0.508 e. The first kappa shape index (κ1) is 11.9. The SMILES string of the molecule is O=C(NCc1ccc(O)cc1)C1CCNCC1. The summed E-state index contributed by atoms with van der Waals surface area (Å²) in [7, 11) is 0. The maximum absolute atomic E-state index is 11.9. The van der Waals surface area contributed by atoms with Gasteiger partial charge in [0.15, 0.2) is 0 Å². The van der Waals surface area contributed by atoms with Crippen molar-refractivity contribution in [1.29, 1.82) is 0 Å². The monoisotopic (exact) mass is 234 g/mol. The molecule has 1 amide bonds. The van der Waals surface area contributed by atoms with Gasteiger partial charge in [0.05, 0.1) is 0 Å². The molecule has 0 spiro atoms. The highest BCUT2D eigenvalue weighted by Gasteiger charge is 2.20. The predicted octanol–water partition coefficient (Wildman–Crippen LogP) is 1.01. The summed E-state index contributed by atoms with van der Waals surface area (Å²) in [6, 6.07) is 6.90. The van der Waals surface area contributed by atoms with Crippen molar-refractivity contribution in [2.75, 3.05) is 13.1 Å². The Hall–Kier alpha value is -1.55. The maximum atomic E-state index is 11.9. The van der Waals surface area contributed by atoms with E-state index in [1.165, 1.54) is 0 Å². The number of amides is 1. The molecule has 0 radical (unpaired) electrons. The lowest BCUT2D eigenvalue weighted by Gasteiger charge is -2.21. The Morgan fingerprint density at radius 3 is 2.59 bits per heavy atom. The summed E-state index contributed by atoms with van der Waals surface area (Å²) in [5.74, 6) is 0.534. The van der Waals surface area contributed by atoms with E-state index < -0.39 is 0 Å². The number of aromatic hydroxyl groups is 1. The molecule has 0 aliphatic carbocycles. The van der Waals surface area contributed by atoms with Crippen LogP contribution in [0.5, 0.6) is 5.75 Å². The highest BCUT2D eigenvalue weighted by atomic mass is 16.3. The Morgan fingerprint density at radius 2 is 1.94 bits per heavy atom. The van der Waals surface area contributed by atoms with Crippen molar-refractivity contribution in [3.8, 4) is 5.75 Å². The number of piperidine rings is 1. The highest BCUT2D eigenvalue weighted by Crippen LogP contribution is 2.13. The molecule has 0 atom stereocenters. The Morgan fingerprint density at radius 1 is 1.29 bits per heavy atom. The highest BCUT2D eigenvalue weighted by molar-refractivity contribution is 5.78. The number of benzene rings is 1. The Bertz CT molecular complexity index is 370. The average Bonchev–Trinajstić information content (AvgIpc) is 2.39. The molecule has 1 heterocycles. The van der Waals surface area contributed by atoms with Gasteiger partial charge in [-0.3, -0.25) is 4.79 Å². The van der Waals surface area contributed by atoms with E-state index in [0.29, 0.717) is 6.54 Å². The second kappa shape index (κ2) is 5.68. The number of hydrogen-bond acceptors (Lipinski definition) is 3. The number of hydrogen-bond donors (Lipinski definition) is 3. The van der Waals surface area contributed by atoms with E-state index in [9.17, 15) is 4.79 Å².